The molecule has 2 N–H and O–H groups in total. The lowest BCUT2D eigenvalue weighted by molar-refractivity contribution is -0.137. The molecule has 0 unspecified atom stereocenters. The summed E-state index contributed by atoms with van der Waals surface area (Å²) in [5, 5.41) is 18.6. The molecule has 0 spiro atoms. The number of aliphatic carboxylic acids is 1. The molecule has 3 atom stereocenters. The van der Waals surface area contributed by atoms with Crippen LogP contribution in [0.5, 0.6) is 0 Å². The van der Waals surface area contributed by atoms with Crippen LogP contribution in [0.1, 0.15) is 71.1 Å². The van der Waals surface area contributed by atoms with Crippen molar-refractivity contribution in [1.82, 2.24) is 0 Å². The van der Waals surface area contributed by atoms with E-state index in [0.29, 0.717) is 0 Å². The van der Waals surface area contributed by atoms with Crippen LogP contribution in [0.15, 0.2) is 24.3 Å². The number of carboxylic acid groups (broad SMARTS) is 1. The maximum Gasteiger partial charge on any atom is 0.303 e. The summed E-state index contributed by atoms with van der Waals surface area (Å²) in [5.41, 5.74) is 0. The smallest absolute Gasteiger partial charge is 0.303 e. The van der Waals surface area contributed by atoms with Crippen LogP contribution < -0.4 is 0 Å². The molecule has 0 aliphatic heterocycles. The molecule has 0 aromatic carbocycles. The zero-order valence-corrected chi connectivity index (χ0v) is 14.8. The topological polar surface area (TPSA) is 74.6 Å². The minimum Gasteiger partial charge on any atom is -0.481 e. The molecule has 1 aliphatic carbocycles. The molecular weight excluding hydrogens is 304 g/mol. The Bertz CT molecular complexity index is 439. The fourth-order valence-corrected chi connectivity index (χ4v) is 3.13. The quantitative estimate of drug-likeness (QED) is 0.389. The highest BCUT2D eigenvalue weighted by Gasteiger charge is 2.27. The van der Waals surface area contributed by atoms with Crippen molar-refractivity contribution in [3.63, 3.8) is 0 Å². The summed E-state index contributed by atoms with van der Waals surface area (Å²) in [6, 6.07) is 0. The average Bonchev–Trinajstić information content (AvgIpc) is 2.89. The summed E-state index contributed by atoms with van der Waals surface area (Å²) in [4.78, 5) is 22.4. The molecule has 24 heavy (non-hydrogen) atoms. The van der Waals surface area contributed by atoms with Gasteiger partial charge in [0.2, 0.25) is 0 Å². The van der Waals surface area contributed by atoms with Crippen molar-refractivity contribution >= 4 is 11.8 Å². The minimum atomic E-state index is -0.734. The molecule has 4 heteroatoms. The number of rotatable bonds is 13. The first-order valence-corrected chi connectivity index (χ1v) is 9.34. The van der Waals surface area contributed by atoms with E-state index in [0.717, 1.165) is 57.8 Å². The Kier molecular flexibility index (Phi) is 10.3. The van der Waals surface area contributed by atoms with Gasteiger partial charge in [0.1, 0.15) is 0 Å². The van der Waals surface area contributed by atoms with Crippen LogP contribution in [0.3, 0.4) is 0 Å². The molecule has 0 fully saturated rings. The molecule has 0 bridgehead atoms. The monoisotopic (exact) mass is 336 g/mol. The van der Waals surface area contributed by atoms with Gasteiger partial charge in [0.25, 0.3) is 0 Å². The maximum absolute atomic E-state index is 12.0. The fourth-order valence-electron chi connectivity index (χ4n) is 3.13. The zero-order chi connectivity index (χ0) is 17.8. The fraction of sp³-hybridized carbons (Fsp3) is 0.700. The second-order valence-electron chi connectivity index (χ2n) is 6.75. The summed E-state index contributed by atoms with van der Waals surface area (Å²) in [6.07, 6.45) is 15.7. The van der Waals surface area contributed by atoms with E-state index in [4.69, 9.17) is 5.11 Å². The Morgan fingerprint density at radius 1 is 1.21 bits per heavy atom. The number of carbonyl (C=O) groups is 2. The summed E-state index contributed by atoms with van der Waals surface area (Å²) in [7, 11) is 0. The van der Waals surface area contributed by atoms with E-state index in [-0.39, 0.29) is 24.0 Å². The van der Waals surface area contributed by atoms with Gasteiger partial charge >= 0.3 is 5.97 Å². The van der Waals surface area contributed by atoms with Crippen LogP contribution >= 0.6 is 0 Å². The van der Waals surface area contributed by atoms with Crippen molar-refractivity contribution in [3.8, 4) is 0 Å². The molecule has 0 aromatic rings. The number of aliphatic hydroxyl groups excluding tert-OH is 1. The number of hydrogen-bond acceptors (Lipinski definition) is 3. The summed E-state index contributed by atoms with van der Waals surface area (Å²) >= 11 is 0. The van der Waals surface area contributed by atoms with E-state index < -0.39 is 12.1 Å². The predicted octanol–water partition coefficient (Wildman–Crippen LogP) is 4.28. The first kappa shape index (κ1) is 20.6. The van der Waals surface area contributed by atoms with Gasteiger partial charge in [-0.15, -0.1) is 0 Å². The van der Waals surface area contributed by atoms with E-state index in [1.165, 1.54) is 0 Å². The van der Waals surface area contributed by atoms with Gasteiger partial charge < -0.3 is 10.2 Å². The van der Waals surface area contributed by atoms with Crippen LogP contribution in [0, 0.1) is 11.8 Å². The predicted molar refractivity (Wildman–Crippen MR) is 95.8 cm³/mol. The van der Waals surface area contributed by atoms with Crippen molar-refractivity contribution < 1.29 is 19.8 Å². The van der Waals surface area contributed by atoms with Gasteiger partial charge in [-0.05, 0) is 31.3 Å². The lowest BCUT2D eigenvalue weighted by Gasteiger charge is -2.15. The van der Waals surface area contributed by atoms with E-state index in [1.54, 1.807) is 12.2 Å². The Morgan fingerprint density at radius 2 is 1.96 bits per heavy atom. The Labute approximate surface area is 145 Å². The van der Waals surface area contributed by atoms with Crippen molar-refractivity contribution in [3.05, 3.63) is 24.3 Å². The summed E-state index contributed by atoms with van der Waals surface area (Å²) < 4.78 is 0. The number of carboxylic acids is 1. The lowest BCUT2D eigenvalue weighted by Crippen LogP contribution is -2.14. The second-order valence-corrected chi connectivity index (χ2v) is 6.75. The van der Waals surface area contributed by atoms with Crippen molar-refractivity contribution in [2.75, 3.05) is 0 Å². The molecule has 0 radical (unpaired) electrons. The van der Waals surface area contributed by atoms with Gasteiger partial charge in [0, 0.05) is 12.3 Å². The highest BCUT2D eigenvalue weighted by Crippen LogP contribution is 2.29. The minimum absolute atomic E-state index is 0.128. The average molecular weight is 336 g/mol. The third-order valence-corrected chi connectivity index (χ3v) is 4.62. The van der Waals surface area contributed by atoms with E-state index in [9.17, 15) is 14.7 Å². The first-order chi connectivity index (χ1) is 11.5. The van der Waals surface area contributed by atoms with Crippen LogP contribution in [0.4, 0.5) is 0 Å². The number of aliphatic hydroxyl groups is 1. The Hall–Kier alpha value is -1.42. The number of hydrogen-bond donors (Lipinski definition) is 2. The lowest BCUT2D eigenvalue weighted by atomic mass is 9.89. The molecule has 0 saturated carbocycles. The standard InChI is InChI=1S/C20H32O4/c1-2-3-6-10-17(21)13-14-18-16(12-15-19(18)22)9-7-4-5-8-11-20(23)24/h12-18,21H,2-11H2,1H3,(H,23,24)/b14-13+/t16-,17+,18-/m1/s1. The van der Waals surface area contributed by atoms with E-state index in [2.05, 4.69) is 6.92 Å². The number of ketones is 1. The molecule has 0 amide bonds. The van der Waals surface area contributed by atoms with Crippen LogP contribution in [-0.2, 0) is 9.59 Å². The second kappa shape index (κ2) is 12.0. The molecular formula is C20H32O4. The van der Waals surface area contributed by atoms with Crippen molar-refractivity contribution in [2.24, 2.45) is 11.8 Å². The van der Waals surface area contributed by atoms with Crippen molar-refractivity contribution in [2.45, 2.75) is 77.2 Å². The third kappa shape index (κ3) is 8.44. The van der Waals surface area contributed by atoms with Gasteiger partial charge in [-0.25, -0.2) is 0 Å². The normalized spacial score (nSPS) is 21.7. The van der Waals surface area contributed by atoms with Crippen molar-refractivity contribution in [1.29, 1.82) is 0 Å². The van der Waals surface area contributed by atoms with E-state index >= 15 is 0 Å². The zero-order valence-electron chi connectivity index (χ0n) is 14.8. The molecule has 1 aliphatic rings. The van der Waals surface area contributed by atoms with Crippen LogP contribution in [-0.4, -0.2) is 28.1 Å². The molecule has 0 aromatic heterocycles. The molecule has 0 heterocycles. The third-order valence-electron chi connectivity index (χ3n) is 4.62. The van der Waals surface area contributed by atoms with Gasteiger partial charge in [0.15, 0.2) is 5.78 Å². The number of allylic oxidation sites excluding steroid dienone is 3. The van der Waals surface area contributed by atoms with Gasteiger partial charge in [-0.1, -0.05) is 63.7 Å². The van der Waals surface area contributed by atoms with Crippen LogP contribution in [0.25, 0.3) is 0 Å². The molecule has 136 valence electrons. The summed E-state index contributed by atoms with van der Waals surface area (Å²) in [6.45, 7) is 2.14. The summed E-state index contributed by atoms with van der Waals surface area (Å²) in [5.74, 6) is -0.522. The Morgan fingerprint density at radius 3 is 2.67 bits per heavy atom. The highest BCUT2D eigenvalue weighted by atomic mass is 16.4. The van der Waals surface area contributed by atoms with E-state index in [1.807, 2.05) is 12.2 Å². The van der Waals surface area contributed by atoms with Gasteiger partial charge in [-0.2, -0.15) is 0 Å². The molecule has 4 nitrogen and oxygen atoms in total. The van der Waals surface area contributed by atoms with Gasteiger partial charge in [-0.3, -0.25) is 9.59 Å². The molecule has 1 rings (SSSR count). The number of unbranched alkanes of at least 4 members (excludes halogenated alkanes) is 5. The number of carbonyl (C=O) groups excluding carboxylic acids is 1. The van der Waals surface area contributed by atoms with Crippen LogP contribution in [0.2, 0.25) is 0 Å². The molecule has 0 saturated heterocycles. The van der Waals surface area contributed by atoms with Gasteiger partial charge in [0.05, 0.1) is 6.10 Å². The first-order valence-electron chi connectivity index (χ1n) is 9.34. The maximum atomic E-state index is 12.0. The largest absolute Gasteiger partial charge is 0.481 e. The SMILES string of the molecule is CCCCC[C@H](O)/C=C/[C@H]1C(=O)C=C[C@H]1CCCCCCC(=O)O. The highest BCUT2D eigenvalue weighted by molar-refractivity contribution is 5.95. The Balaban J connectivity index is 2.29.